The van der Waals surface area contributed by atoms with Crippen molar-refractivity contribution >= 4 is 24.3 Å². The number of ether oxygens (including phenoxy) is 1. The van der Waals surface area contributed by atoms with Gasteiger partial charge in [0, 0.05) is 6.54 Å². The Balaban J connectivity index is 0.00000441. The molecular formula is C15H23ClN2O4. The molecule has 124 valence electrons. The Hall–Kier alpha value is -1.79. The predicted molar refractivity (Wildman–Crippen MR) is 86.5 cm³/mol. The van der Waals surface area contributed by atoms with Gasteiger partial charge in [0.2, 0.25) is 5.91 Å². The van der Waals surface area contributed by atoms with Gasteiger partial charge < -0.3 is 15.2 Å². The summed E-state index contributed by atoms with van der Waals surface area (Å²) in [4.78, 5) is 24.2. The predicted octanol–water partition coefficient (Wildman–Crippen LogP) is 1.53. The maximum atomic E-state index is 11.9. The lowest BCUT2D eigenvalue weighted by Crippen LogP contribution is -2.39. The van der Waals surface area contributed by atoms with Gasteiger partial charge in [-0.1, -0.05) is 19.1 Å². The Morgan fingerprint density at radius 1 is 1.32 bits per heavy atom. The molecule has 0 aromatic heterocycles. The van der Waals surface area contributed by atoms with Gasteiger partial charge >= 0.3 is 5.97 Å². The summed E-state index contributed by atoms with van der Waals surface area (Å²) in [7, 11) is 1.59. The van der Waals surface area contributed by atoms with E-state index in [0.717, 1.165) is 17.7 Å². The third-order valence-corrected chi connectivity index (χ3v) is 2.89. The first-order valence-corrected chi connectivity index (χ1v) is 6.89. The summed E-state index contributed by atoms with van der Waals surface area (Å²) in [5.41, 5.74) is 0.933. The number of rotatable bonds is 9. The number of carbonyl (C=O) groups is 2. The van der Waals surface area contributed by atoms with Gasteiger partial charge in [-0.15, -0.1) is 12.4 Å². The molecule has 22 heavy (non-hydrogen) atoms. The number of carbonyl (C=O) groups excluding carboxylic acids is 1. The second-order valence-electron chi connectivity index (χ2n) is 4.73. The average molecular weight is 331 g/mol. The van der Waals surface area contributed by atoms with Crippen LogP contribution in [0.5, 0.6) is 5.75 Å². The van der Waals surface area contributed by atoms with Crippen LogP contribution in [-0.2, 0) is 16.1 Å². The number of nitrogens with one attached hydrogen (secondary N) is 1. The maximum absolute atomic E-state index is 11.9. The molecule has 0 unspecified atom stereocenters. The molecule has 0 atom stereocenters. The Labute approximate surface area is 136 Å². The number of nitrogens with zero attached hydrogens (tertiary/aromatic N) is 1. The molecule has 1 aromatic rings. The molecule has 0 heterocycles. The topological polar surface area (TPSA) is 78.9 Å². The minimum Gasteiger partial charge on any atom is -0.497 e. The molecule has 7 heteroatoms. The zero-order valence-corrected chi connectivity index (χ0v) is 13.7. The van der Waals surface area contributed by atoms with Crippen LogP contribution >= 0.6 is 12.4 Å². The highest BCUT2D eigenvalue weighted by Gasteiger charge is 2.12. The van der Waals surface area contributed by atoms with Gasteiger partial charge in [0.05, 0.1) is 20.2 Å². The third kappa shape index (κ3) is 7.85. The number of halogens is 1. The van der Waals surface area contributed by atoms with E-state index in [1.165, 1.54) is 0 Å². The van der Waals surface area contributed by atoms with Gasteiger partial charge in [-0.3, -0.25) is 14.5 Å². The minimum absolute atomic E-state index is 0. The summed E-state index contributed by atoms with van der Waals surface area (Å²) < 4.78 is 5.12. The zero-order chi connectivity index (χ0) is 15.7. The van der Waals surface area contributed by atoms with Crippen molar-refractivity contribution in [2.45, 2.75) is 19.9 Å². The minimum atomic E-state index is -0.927. The number of carboxylic acids is 1. The van der Waals surface area contributed by atoms with E-state index < -0.39 is 5.97 Å². The SMILES string of the molecule is CCCN(CC(=O)O)CC(=O)NCc1cccc(OC)c1.Cl. The van der Waals surface area contributed by atoms with E-state index >= 15 is 0 Å². The van der Waals surface area contributed by atoms with Gasteiger partial charge in [0.1, 0.15) is 5.75 Å². The van der Waals surface area contributed by atoms with Crippen LogP contribution < -0.4 is 10.1 Å². The van der Waals surface area contributed by atoms with Crippen molar-refractivity contribution in [3.05, 3.63) is 29.8 Å². The first-order chi connectivity index (χ1) is 10.0. The van der Waals surface area contributed by atoms with Gasteiger partial charge in [-0.25, -0.2) is 0 Å². The second kappa shape index (κ2) is 10.9. The quantitative estimate of drug-likeness (QED) is 0.718. The lowest BCUT2D eigenvalue weighted by molar-refractivity contribution is -0.138. The van der Waals surface area contributed by atoms with E-state index in [4.69, 9.17) is 9.84 Å². The molecule has 0 fully saturated rings. The number of methoxy groups -OCH3 is 1. The fourth-order valence-corrected chi connectivity index (χ4v) is 1.96. The van der Waals surface area contributed by atoms with Gasteiger partial charge in [0.25, 0.3) is 0 Å². The number of aliphatic carboxylic acids is 1. The molecule has 1 rings (SSSR count). The number of amides is 1. The molecule has 6 nitrogen and oxygen atoms in total. The van der Waals surface area contributed by atoms with Crippen LogP contribution in [0.3, 0.4) is 0 Å². The summed E-state index contributed by atoms with van der Waals surface area (Å²) in [6.07, 6.45) is 0.802. The van der Waals surface area contributed by atoms with Crippen LogP contribution in [0.15, 0.2) is 24.3 Å². The van der Waals surface area contributed by atoms with Crippen LogP contribution in [-0.4, -0.2) is 48.6 Å². The normalized spacial score (nSPS) is 9.95. The average Bonchev–Trinajstić information content (AvgIpc) is 2.45. The second-order valence-corrected chi connectivity index (χ2v) is 4.73. The third-order valence-electron chi connectivity index (χ3n) is 2.89. The van der Waals surface area contributed by atoms with Crippen molar-refractivity contribution in [3.8, 4) is 5.75 Å². The summed E-state index contributed by atoms with van der Waals surface area (Å²) in [6, 6.07) is 7.43. The van der Waals surface area contributed by atoms with Gasteiger partial charge in [-0.2, -0.15) is 0 Å². The van der Waals surface area contributed by atoms with Crippen molar-refractivity contribution in [1.82, 2.24) is 10.2 Å². The zero-order valence-electron chi connectivity index (χ0n) is 12.9. The number of hydrogen-bond acceptors (Lipinski definition) is 4. The van der Waals surface area contributed by atoms with E-state index in [9.17, 15) is 9.59 Å². The van der Waals surface area contributed by atoms with E-state index in [0.29, 0.717) is 13.1 Å². The first-order valence-electron chi connectivity index (χ1n) is 6.89. The number of hydrogen-bond donors (Lipinski definition) is 2. The van der Waals surface area contributed by atoms with Crippen LogP contribution in [0.1, 0.15) is 18.9 Å². The number of carboxylic acid groups (broad SMARTS) is 1. The molecule has 0 aliphatic carbocycles. The number of benzene rings is 1. The Bertz CT molecular complexity index is 482. The van der Waals surface area contributed by atoms with Crippen molar-refractivity contribution in [2.75, 3.05) is 26.7 Å². The van der Waals surface area contributed by atoms with E-state index in [1.54, 1.807) is 12.0 Å². The largest absolute Gasteiger partial charge is 0.497 e. The lowest BCUT2D eigenvalue weighted by Gasteiger charge is -2.18. The Kier molecular flexibility index (Phi) is 9.98. The molecule has 0 radical (unpaired) electrons. The van der Waals surface area contributed by atoms with E-state index in [2.05, 4.69) is 5.32 Å². The Morgan fingerprint density at radius 3 is 2.64 bits per heavy atom. The highest BCUT2D eigenvalue weighted by atomic mass is 35.5. The molecule has 2 N–H and O–H groups in total. The van der Waals surface area contributed by atoms with Gasteiger partial charge in [-0.05, 0) is 30.7 Å². The molecule has 0 saturated heterocycles. The Morgan fingerprint density at radius 2 is 2.05 bits per heavy atom. The fourth-order valence-electron chi connectivity index (χ4n) is 1.96. The smallest absolute Gasteiger partial charge is 0.317 e. The highest BCUT2D eigenvalue weighted by Crippen LogP contribution is 2.12. The summed E-state index contributed by atoms with van der Waals surface area (Å²) >= 11 is 0. The lowest BCUT2D eigenvalue weighted by atomic mass is 10.2. The standard InChI is InChI=1S/C15H22N2O4.ClH/c1-3-7-17(11-15(19)20)10-14(18)16-9-12-5-4-6-13(8-12)21-2;/h4-6,8H,3,7,9-11H2,1-2H3,(H,16,18)(H,19,20);1H. The van der Waals surface area contributed by atoms with Crippen LogP contribution in [0.4, 0.5) is 0 Å². The first kappa shape index (κ1) is 20.2. The molecule has 0 spiro atoms. The van der Waals surface area contributed by atoms with E-state index in [-0.39, 0.29) is 31.4 Å². The van der Waals surface area contributed by atoms with Crippen LogP contribution in [0.2, 0.25) is 0 Å². The molecule has 0 bridgehead atoms. The molecule has 0 saturated carbocycles. The van der Waals surface area contributed by atoms with Crippen LogP contribution in [0.25, 0.3) is 0 Å². The molecule has 1 amide bonds. The highest BCUT2D eigenvalue weighted by molar-refractivity contribution is 5.85. The summed E-state index contributed by atoms with van der Waals surface area (Å²) in [5.74, 6) is -0.378. The molecular weight excluding hydrogens is 308 g/mol. The summed E-state index contributed by atoms with van der Waals surface area (Å²) in [6.45, 7) is 2.88. The summed E-state index contributed by atoms with van der Waals surface area (Å²) in [5, 5.41) is 11.6. The van der Waals surface area contributed by atoms with Gasteiger partial charge in [0.15, 0.2) is 0 Å². The van der Waals surface area contributed by atoms with Crippen molar-refractivity contribution in [1.29, 1.82) is 0 Å². The maximum Gasteiger partial charge on any atom is 0.317 e. The monoisotopic (exact) mass is 330 g/mol. The molecule has 0 aliphatic rings. The molecule has 1 aromatic carbocycles. The van der Waals surface area contributed by atoms with Crippen molar-refractivity contribution in [3.63, 3.8) is 0 Å². The fraction of sp³-hybridized carbons (Fsp3) is 0.467. The molecule has 0 aliphatic heterocycles. The van der Waals surface area contributed by atoms with E-state index in [1.807, 2.05) is 31.2 Å². The van der Waals surface area contributed by atoms with Crippen molar-refractivity contribution < 1.29 is 19.4 Å². The van der Waals surface area contributed by atoms with Crippen molar-refractivity contribution in [2.24, 2.45) is 0 Å². The van der Waals surface area contributed by atoms with Crippen LogP contribution in [0, 0.1) is 0 Å².